The summed E-state index contributed by atoms with van der Waals surface area (Å²) in [6.07, 6.45) is 0.743. The van der Waals surface area contributed by atoms with E-state index < -0.39 is 4.33 Å². The molecule has 0 fully saturated rings. The summed E-state index contributed by atoms with van der Waals surface area (Å²) in [5.41, 5.74) is 2.27. The standard InChI is InChI=1S/C8H5BrCl2/c9-7-3-1-2-6-5(7)4-8(6,10)11/h1-3H,4H2. The summed E-state index contributed by atoms with van der Waals surface area (Å²) in [5, 5.41) is 0. The Balaban J connectivity index is 2.57. The van der Waals surface area contributed by atoms with Gasteiger partial charge in [-0.2, -0.15) is 0 Å². The maximum absolute atomic E-state index is 5.95. The lowest BCUT2D eigenvalue weighted by Crippen LogP contribution is -2.27. The molecule has 0 aromatic heterocycles. The van der Waals surface area contributed by atoms with Crippen molar-refractivity contribution in [2.75, 3.05) is 0 Å². The van der Waals surface area contributed by atoms with Crippen molar-refractivity contribution in [3.05, 3.63) is 33.8 Å². The SMILES string of the molecule is ClC1(Cl)Cc2c(Br)cccc21. The van der Waals surface area contributed by atoms with Crippen LogP contribution >= 0.6 is 39.1 Å². The van der Waals surface area contributed by atoms with Crippen LogP contribution in [0.5, 0.6) is 0 Å². The molecule has 1 aliphatic rings. The van der Waals surface area contributed by atoms with E-state index >= 15 is 0 Å². The van der Waals surface area contributed by atoms with Gasteiger partial charge in [-0.25, -0.2) is 0 Å². The van der Waals surface area contributed by atoms with Crippen molar-refractivity contribution in [1.29, 1.82) is 0 Å². The van der Waals surface area contributed by atoms with E-state index in [1.807, 2.05) is 18.2 Å². The number of fused-ring (bicyclic) bond motifs is 1. The third kappa shape index (κ3) is 1.10. The first kappa shape index (κ1) is 7.90. The predicted octanol–water partition coefficient (Wildman–Crippen LogP) is 3.64. The van der Waals surface area contributed by atoms with Gasteiger partial charge in [0.15, 0.2) is 0 Å². The quantitative estimate of drug-likeness (QED) is 0.618. The van der Waals surface area contributed by atoms with E-state index in [0.717, 1.165) is 16.5 Å². The summed E-state index contributed by atoms with van der Waals surface area (Å²) in [6, 6.07) is 5.91. The Kier molecular flexibility index (Phi) is 1.71. The van der Waals surface area contributed by atoms with Gasteiger partial charge in [0.25, 0.3) is 0 Å². The first-order valence-electron chi connectivity index (χ1n) is 3.27. The largest absolute Gasteiger partial charge is 0.147 e. The van der Waals surface area contributed by atoms with Crippen LogP contribution in [0.15, 0.2) is 22.7 Å². The molecule has 0 nitrogen and oxygen atoms in total. The molecule has 58 valence electrons. The minimum absolute atomic E-state index is 0.640. The average Bonchev–Trinajstić information content (AvgIpc) is 1.92. The van der Waals surface area contributed by atoms with Crippen molar-refractivity contribution >= 4 is 39.1 Å². The second-order valence-electron chi connectivity index (χ2n) is 2.65. The highest BCUT2D eigenvalue weighted by atomic mass is 79.9. The van der Waals surface area contributed by atoms with Crippen LogP contribution in [-0.4, -0.2) is 0 Å². The van der Waals surface area contributed by atoms with Crippen molar-refractivity contribution < 1.29 is 0 Å². The third-order valence-corrected chi connectivity index (χ3v) is 3.33. The van der Waals surface area contributed by atoms with E-state index in [2.05, 4.69) is 15.9 Å². The molecule has 0 amide bonds. The van der Waals surface area contributed by atoms with Gasteiger partial charge in [0, 0.05) is 10.9 Å². The monoisotopic (exact) mass is 250 g/mol. The summed E-state index contributed by atoms with van der Waals surface area (Å²) in [4.78, 5) is 0. The molecule has 0 radical (unpaired) electrons. The summed E-state index contributed by atoms with van der Waals surface area (Å²) in [6.45, 7) is 0. The van der Waals surface area contributed by atoms with E-state index in [1.165, 1.54) is 5.56 Å². The van der Waals surface area contributed by atoms with E-state index in [-0.39, 0.29) is 0 Å². The maximum atomic E-state index is 5.95. The number of benzene rings is 1. The Hall–Kier alpha value is 0.280. The fraction of sp³-hybridized carbons (Fsp3) is 0.250. The molecule has 3 heteroatoms. The van der Waals surface area contributed by atoms with Crippen molar-refractivity contribution in [2.45, 2.75) is 10.8 Å². The Morgan fingerprint density at radius 1 is 1.36 bits per heavy atom. The summed E-state index contributed by atoms with van der Waals surface area (Å²) < 4.78 is 0.464. The third-order valence-electron chi connectivity index (χ3n) is 1.91. The van der Waals surface area contributed by atoms with Crippen molar-refractivity contribution in [3.63, 3.8) is 0 Å². The Morgan fingerprint density at radius 2 is 2.09 bits per heavy atom. The normalized spacial score (nSPS) is 18.8. The molecule has 1 aliphatic carbocycles. The van der Waals surface area contributed by atoms with Gasteiger partial charge in [0.05, 0.1) is 0 Å². The van der Waals surface area contributed by atoms with Gasteiger partial charge >= 0.3 is 0 Å². The zero-order valence-electron chi connectivity index (χ0n) is 5.57. The smallest absolute Gasteiger partial charge is 0.0959 e. The average molecular weight is 252 g/mol. The van der Waals surface area contributed by atoms with Crippen LogP contribution < -0.4 is 0 Å². The zero-order valence-corrected chi connectivity index (χ0v) is 8.67. The second kappa shape index (κ2) is 2.38. The molecule has 0 atom stereocenters. The van der Waals surface area contributed by atoms with Gasteiger partial charge in [-0.05, 0) is 17.2 Å². The molecule has 1 aromatic carbocycles. The molecule has 0 bridgehead atoms. The van der Waals surface area contributed by atoms with Crippen LogP contribution in [0, 0.1) is 0 Å². The van der Waals surface area contributed by atoms with Crippen molar-refractivity contribution in [1.82, 2.24) is 0 Å². The molecule has 0 unspecified atom stereocenters. The second-order valence-corrected chi connectivity index (χ2v) is 4.99. The maximum Gasteiger partial charge on any atom is 0.147 e. The molecule has 0 aliphatic heterocycles. The van der Waals surface area contributed by atoms with E-state index in [1.54, 1.807) is 0 Å². The van der Waals surface area contributed by atoms with E-state index in [0.29, 0.717) is 0 Å². The van der Waals surface area contributed by atoms with Crippen LogP contribution in [0.25, 0.3) is 0 Å². The van der Waals surface area contributed by atoms with Gasteiger partial charge < -0.3 is 0 Å². The molecule has 0 saturated carbocycles. The molecule has 0 saturated heterocycles. The number of rotatable bonds is 0. The van der Waals surface area contributed by atoms with Crippen LogP contribution in [0.1, 0.15) is 11.1 Å². The lowest BCUT2D eigenvalue weighted by molar-refractivity contribution is 0.724. The minimum Gasteiger partial charge on any atom is -0.0959 e. The summed E-state index contributed by atoms with van der Waals surface area (Å²) in [7, 11) is 0. The molecule has 0 heterocycles. The predicted molar refractivity (Wildman–Crippen MR) is 51.2 cm³/mol. The molecular weight excluding hydrogens is 247 g/mol. The summed E-state index contributed by atoms with van der Waals surface area (Å²) >= 11 is 15.3. The minimum atomic E-state index is -0.640. The van der Waals surface area contributed by atoms with E-state index in [4.69, 9.17) is 23.2 Å². The van der Waals surface area contributed by atoms with Gasteiger partial charge in [-0.15, -0.1) is 0 Å². The van der Waals surface area contributed by atoms with Crippen LogP contribution in [0.3, 0.4) is 0 Å². The first-order chi connectivity index (χ1) is 5.11. The molecule has 0 spiro atoms. The number of halogens is 3. The molecule has 1 aromatic rings. The topological polar surface area (TPSA) is 0 Å². The zero-order chi connectivity index (χ0) is 8.06. The lowest BCUT2D eigenvalue weighted by Gasteiger charge is -2.33. The molecule has 11 heavy (non-hydrogen) atoms. The fourth-order valence-electron chi connectivity index (χ4n) is 1.29. The summed E-state index contributed by atoms with van der Waals surface area (Å²) in [5.74, 6) is 0. The van der Waals surface area contributed by atoms with Gasteiger partial charge in [0.1, 0.15) is 4.33 Å². The Labute approximate surface area is 83.6 Å². The Morgan fingerprint density at radius 3 is 2.64 bits per heavy atom. The van der Waals surface area contributed by atoms with Crippen LogP contribution in [0.2, 0.25) is 0 Å². The molecule has 2 rings (SSSR count). The van der Waals surface area contributed by atoms with Gasteiger partial charge in [-0.3, -0.25) is 0 Å². The fourth-order valence-corrected chi connectivity index (χ4v) is 2.42. The number of hydrogen-bond donors (Lipinski definition) is 0. The lowest BCUT2D eigenvalue weighted by atomic mass is 9.87. The van der Waals surface area contributed by atoms with Crippen LogP contribution in [-0.2, 0) is 10.8 Å². The van der Waals surface area contributed by atoms with Crippen molar-refractivity contribution in [2.24, 2.45) is 0 Å². The molecule has 0 N–H and O–H groups in total. The molecular formula is C8H5BrCl2. The first-order valence-corrected chi connectivity index (χ1v) is 4.82. The van der Waals surface area contributed by atoms with E-state index in [9.17, 15) is 0 Å². The highest BCUT2D eigenvalue weighted by Gasteiger charge is 2.39. The van der Waals surface area contributed by atoms with Gasteiger partial charge in [-0.1, -0.05) is 51.3 Å². The number of hydrogen-bond acceptors (Lipinski definition) is 0. The highest BCUT2D eigenvalue weighted by molar-refractivity contribution is 9.10. The van der Waals surface area contributed by atoms with Crippen molar-refractivity contribution in [3.8, 4) is 0 Å². The Bertz CT molecular complexity index is 307. The van der Waals surface area contributed by atoms with Crippen LogP contribution in [0.4, 0.5) is 0 Å². The van der Waals surface area contributed by atoms with Gasteiger partial charge in [0.2, 0.25) is 0 Å². The highest BCUT2D eigenvalue weighted by Crippen LogP contribution is 2.50. The number of alkyl halides is 2.